The van der Waals surface area contributed by atoms with E-state index in [0.717, 1.165) is 83.9 Å². The maximum absolute atomic E-state index is 5.69. The maximum atomic E-state index is 5.69. The molecule has 0 amide bonds. The summed E-state index contributed by atoms with van der Waals surface area (Å²) in [5.41, 5.74) is 18.9. The predicted octanol–water partition coefficient (Wildman–Crippen LogP) is 21.6. The Kier molecular flexibility index (Phi) is 11.1. The van der Waals surface area contributed by atoms with Crippen LogP contribution in [0, 0.1) is 6.92 Å². The van der Waals surface area contributed by atoms with Gasteiger partial charge in [0.05, 0.1) is 22.1 Å². The molecule has 2 aromatic heterocycles. The summed E-state index contributed by atoms with van der Waals surface area (Å²) in [4.78, 5) is 10.8. The van der Waals surface area contributed by atoms with Crippen LogP contribution in [0.2, 0.25) is 0 Å². The van der Waals surface area contributed by atoms with Gasteiger partial charge in [-0.15, -0.1) is 0 Å². The summed E-state index contributed by atoms with van der Waals surface area (Å²) in [6, 6.07) is 109. The van der Waals surface area contributed by atoms with Crippen LogP contribution >= 0.6 is 0 Å². The number of para-hydroxylation sites is 3. The quantitative estimate of drug-likeness (QED) is 0.142. The highest BCUT2D eigenvalue weighted by molar-refractivity contribution is 6.25. The molecule has 2 heterocycles. The van der Waals surface area contributed by atoms with Crippen LogP contribution in [-0.4, -0.2) is 19.1 Å². The molecule has 0 aliphatic heterocycles. The number of hydrogen-bond acceptors (Lipinski definition) is 2. The third kappa shape index (κ3) is 7.84. The van der Waals surface area contributed by atoms with E-state index < -0.39 is 0 Å². The molecule has 85 heavy (non-hydrogen) atoms. The maximum Gasteiger partial charge on any atom is 0.145 e. The van der Waals surface area contributed by atoms with Crippen molar-refractivity contribution in [1.29, 1.82) is 0 Å². The van der Waals surface area contributed by atoms with Crippen molar-refractivity contribution in [3.8, 4) is 78.4 Å². The number of nitrogens with zero attached hydrogens (tertiary/aromatic N) is 4. The van der Waals surface area contributed by atoms with E-state index in [1.807, 2.05) is 0 Å². The second kappa shape index (κ2) is 19.5. The molecule has 0 N–H and O–H groups in total. The molecule has 0 aliphatic carbocycles. The Hall–Kier alpha value is -11.2. The molecule has 17 aromatic rings. The molecule has 15 aromatic carbocycles. The zero-order valence-electron chi connectivity index (χ0n) is 46.6. The highest BCUT2D eigenvalue weighted by Gasteiger charge is 2.25. The first-order valence-corrected chi connectivity index (χ1v) is 29.2. The fourth-order valence-corrected chi connectivity index (χ4v) is 13.8. The molecule has 0 radical (unpaired) electrons. The first-order valence-electron chi connectivity index (χ1n) is 29.2. The molecule has 396 valence electrons. The fourth-order valence-electron chi connectivity index (χ4n) is 13.8. The molecular weight excluding hydrogens is 1030 g/mol. The van der Waals surface area contributed by atoms with Crippen LogP contribution in [0.4, 0.5) is 0 Å². The molecule has 0 bridgehead atoms. The van der Waals surface area contributed by atoms with Gasteiger partial charge in [0.1, 0.15) is 11.6 Å². The Morgan fingerprint density at radius 1 is 0.259 bits per heavy atom. The van der Waals surface area contributed by atoms with Gasteiger partial charge in [-0.1, -0.05) is 231 Å². The van der Waals surface area contributed by atoms with E-state index in [0.29, 0.717) is 0 Å². The van der Waals surface area contributed by atoms with Crippen LogP contribution in [0.15, 0.2) is 297 Å². The van der Waals surface area contributed by atoms with Gasteiger partial charge in [-0.3, -0.25) is 9.13 Å². The molecule has 0 saturated heterocycles. The number of hydrogen-bond donors (Lipinski definition) is 0. The van der Waals surface area contributed by atoms with Gasteiger partial charge < -0.3 is 0 Å². The van der Waals surface area contributed by atoms with Gasteiger partial charge in [0, 0.05) is 22.5 Å². The molecule has 0 unspecified atom stereocenters. The number of benzene rings is 15. The Morgan fingerprint density at radius 3 is 1.27 bits per heavy atom. The minimum absolute atomic E-state index is 0.901. The number of aromatic nitrogens is 4. The third-order valence-electron chi connectivity index (χ3n) is 17.6. The van der Waals surface area contributed by atoms with E-state index in [4.69, 9.17) is 9.97 Å². The molecule has 4 heteroatoms. The molecule has 0 saturated carbocycles. The second-order valence-corrected chi connectivity index (χ2v) is 22.4. The standard InChI is InChI=1S/C81H52N4/c1-51-82-73-45-42-61(50-75(73)84(51)62-26-7-3-8-27-62)77-64-30-15-16-31-65(64)78(60-39-37-53-21-12-14-25-56(53)47-60)71-48-57(40-43-68(71)77)58-41-44-69-72(49-58)79(67-33-18-17-32-66(67)76(69)59-38-36-52-20-11-13-24-55(52)46-59)70-34-19-35-74-80(70)83-81(54-22-5-2-6-23-54)85(74)63-28-9-4-10-29-63/h2-50H,1H3. The van der Waals surface area contributed by atoms with Crippen LogP contribution in [0.5, 0.6) is 0 Å². The summed E-state index contributed by atoms with van der Waals surface area (Å²) in [7, 11) is 0. The van der Waals surface area contributed by atoms with E-state index in [1.165, 1.54) is 87.1 Å². The minimum atomic E-state index is 0.901. The largest absolute Gasteiger partial charge is 0.297 e. The number of aryl methyl sites for hydroxylation is 1. The topological polar surface area (TPSA) is 35.6 Å². The van der Waals surface area contributed by atoms with Crippen LogP contribution in [0.25, 0.3) is 165 Å². The normalized spacial score (nSPS) is 11.8. The van der Waals surface area contributed by atoms with Crippen molar-refractivity contribution in [3.63, 3.8) is 0 Å². The molecule has 0 spiro atoms. The van der Waals surface area contributed by atoms with Crippen LogP contribution in [-0.2, 0) is 0 Å². The summed E-state index contributed by atoms with van der Waals surface area (Å²) in [5, 5.41) is 14.4. The SMILES string of the molecule is Cc1nc2ccc(-c3c4ccccc4c(-c4ccc5ccccc5c4)c4cc(-c5ccc6c(-c7ccc8ccccc8c7)c7ccccc7c(-c7cccc8c7nc(-c7ccccc7)n8-c7ccccc7)c6c5)ccc34)cc2n1-c1ccccc1. The molecule has 0 atom stereocenters. The van der Waals surface area contributed by atoms with Crippen molar-refractivity contribution in [3.05, 3.63) is 303 Å². The zero-order valence-corrected chi connectivity index (χ0v) is 46.6. The lowest BCUT2D eigenvalue weighted by molar-refractivity contribution is 1.00. The van der Waals surface area contributed by atoms with Crippen molar-refractivity contribution in [1.82, 2.24) is 19.1 Å². The Bertz CT molecular complexity index is 5540. The van der Waals surface area contributed by atoms with Gasteiger partial charge in [-0.25, -0.2) is 9.97 Å². The lowest BCUT2D eigenvalue weighted by Crippen LogP contribution is -1.97. The molecule has 17 rings (SSSR count). The molecule has 0 fully saturated rings. The van der Waals surface area contributed by atoms with E-state index >= 15 is 0 Å². The summed E-state index contributed by atoms with van der Waals surface area (Å²) in [5.74, 6) is 1.86. The third-order valence-corrected chi connectivity index (χ3v) is 17.6. The van der Waals surface area contributed by atoms with Gasteiger partial charge in [0.25, 0.3) is 0 Å². The summed E-state index contributed by atoms with van der Waals surface area (Å²) < 4.78 is 4.61. The fraction of sp³-hybridized carbons (Fsp3) is 0.0123. The van der Waals surface area contributed by atoms with Crippen molar-refractivity contribution < 1.29 is 0 Å². The van der Waals surface area contributed by atoms with Crippen molar-refractivity contribution in [2.45, 2.75) is 6.92 Å². The van der Waals surface area contributed by atoms with E-state index in [2.05, 4.69) is 313 Å². The monoisotopic (exact) mass is 1080 g/mol. The van der Waals surface area contributed by atoms with Gasteiger partial charge in [-0.05, 0) is 188 Å². The van der Waals surface area contributed by atoms with Gasteiger partial charge in [0.2, 0.25) is 0 Å². The van der Waals surface area contributed by atoms with E-state index in [9.17, 15) is 0 Å². The van der Waals surface area contributed by atoms with Gasteiger partial charge in [-0.2, -0.15) is 0 Å². The Labute approximate surface area is 491 Å². The highest BCUT2D eigenvalue weighted by atomic mass is 15.1. The zero-order chi connectivity index (χ0) is 56.1. The van der Waals surface area contributed by atoms with Crippen LogP contribution < -0.4 is 0 Å². The van der Waals surface area contributed by atoms with Crippen molar-refractivity contribution >= 4 is 86.7 Å². The predicted molar refractivity (Wildman–Crippen MR) is 358 cm³/mol. The summed E-state index contributed by atoms with van der Waals surface area (Å²) >= 11 is 0. The number of imidazole rings is 2. The van der Waals surface area contributed by atoms with E-state index in [1.54, 1.807) is 0 Å². The Balaban J connectivity index is 0.957. The van der Waals surface area contributed by atoms with Crippen molar-refractivity contribution in [2.24, 2.45) is 0 Å². The highest BCUT2D eigenvalue weighted by Crippen LogP contribution is 2.50. The van der Waals surface area contributed by atoms with E-state index in [-0.39, 0.29) is 0 Å². The molecular formula is C81H52N4. The molecule has 0 aliphatic rings. The van der Waals surface area contributed by atoms with Gasteiger partial charge in [0.15, 0.2) is 0 Å². The van der Waals surface area contributed by atoms with Crippen molar-refractivity contribution in [2.75, 3.05) is 0 Å². The second-order valence-electron chi connectivity index (χ2n) is 22.4. The first-order chi connectivity index (χ1) is 42.1. The lowest BCUT2D eigenvalue weighted by Gasteiger charge is -2.20. The number of fused-ring (bicyclic) bond motifs is 8. The minimum Gasteiger partial charge on any atom is -0.297 e. The molecule has 4 nitrogen and oxygen atoms in total. The smallest absolute Gasteiger partial charge is 0.145 e. The lowest BCUT2D eigenvalue weighted by atomic mass is 9.83. The summed E-state index contributed by atoms with van der Waals surface area (Å²) in [6.45, 7) is 2.10. The van der Waals surface area contributed by atoms with Gasteiger partial charge >= 0.3 is 0 Å². The number of rotatable bonds is 8. The van der Waals surface area contributed by atoms with Crippen LogP contribution in [0.1, 0.15) is 5.82 Å². The first kappa shape index (κ1) is 48.5. The average Bonchev–Trinajstić information content (AvgIpc) is 2.80. The average molecular weight is 1080 g/mol. The summed E-state index contributed by atoms with van der Waals surface area (Å²) in [6.07, 6.45) is 0. The Morgan fingerprint density at radius 2 is 0.694 bits per heavy atom. The van der Waals surface area contributed by atoms with Crippen LogP contribution in [0.3, 0.4) is 0 Å².